The molecule has 1 aliphatic heterocycles. The van der Waals surface area contributed by atoms with Crippen LogP contribution < -0.4 is 26.6 Å². The molecular weight excluding hydrogens is 685 g/mol. The summed E-state index contributed by atoms with van der Waals surface area (Å²) in [5.74, 6) is 0.201. The van der Waals surface area contributed by atoms with Crippen molar-refractivity contribution in [2.24, 2.45) is 5.92 Å². The number of nitrogens with one attached hydrogen (secondary N) is 5. The summed E-state index contributed by atoms with van der Waals surface area (Å²) in [6, 6.07) is -0.291. The van der Waals surface area contributed by atoms with Crippen LogP contribution in [0.1, 0.15) is 125 Å². The fourth-order valence-corrected chi connectivity index (χ4v) is 6.85. The number of aliphatic hydroxyl groups excluding tert-OH is 1. The van der Waals surface area contributed by atoms with E-state index in [1.165, 1.54) is 23.6 Å². The number of carbonyl (C=O) groups is 2. The van der Waals surface area contributed by atoms with Gasteiger partial charge in [-0.2, -0.15) is 0 Å². The molecule has 1 fully saturated rings. The number of likely N-dealkylation sites (N-methyl/N-ethyl adjacent to an activating group) is 2. The maximum absolute atomic E-state index is 13.5. The molecule has 0 spiro atoms. The van der Waals surface area contributed by atoms with Gasteiger partial charge in [0.25, 0.3) is 0 Å². The zero-order valence-electron chi connectivity index (χ0n) is 35.8. The summed E-state index contributed by atoms with van der Waals surface area (Å²) in [6.07, 6.45) is 32.5. The summed E-state index contributed by atoms with van der Waals surface area (Å²) < 4.78 is 0. The van der Waals surface area contributed by atoms with Gasteiger partial charge in [-0.15, -0.1) is 6.58 Å². The van der Waals surface area contributed by atoms with Gasteiger partial charge in [0, 0.05) is 26.1 Å². The number of aliphatic hydroxyl groups is 1. The van der Waals surface area contributed by atoms with E-state index in [4.69, 9.17) is 0 Å². The van der Waals surface area contributed by atoms with Crippen LogP contribution in [-0.2, 0) is 9.59 Å². The van der Waals surface area contributed by atoms with E-state index in [0.717, 1.165) is 103 Å². The molecule has 0 aromatic carbocycles. The van der Waals surface area contributed by atoms with Gasteiger partial charge in [0.05, 0.1) is 18.2 Å². The molecule has 2 aliphatic rings. The number of carbonyl (C=O) groups excluding carboxylic acids is 2. The van der Waals surface area contributed by atoms with Gasteiger partial charge in [-0.25, -0.2) is 0 Å². The number of hydrogen-bond donors (Lipinski definition) is 6. The first kappa shape index (κ1) is 49.9. The lowest BCUT2D eigenvalue weighted by Gasteiger charge is -2.36. The highest BCUT2D eigenvalue weighted by Crippen LogP contribution is 2.30. The zero-order chi connectivity index (χ0) is 40.8. The van der Waals surface area contributed by atoms with Gasteiger partial charge in [-0.1, -0.05) is 99.1 Å². The molecule has 0 radical (unpaired) electrons. The third kappa shape index (κ3) is 22.3. The monoisotopic (exact) mass is 765 g/mol. The highest BCUT2D eigenvalue weighted by Gasteiger charge is 2.38. The van der Waals surface area contributed by atoms with Crippen LogP contribution in [0.5, 0.6) is 0 Å². The van der Waals surface area contributed by atoms with Crippen molar-refractivity contribution in [2.75, 3.05) is 33.7 Å². The average Bonchev–Trinajstić information content (AvgIpc) is 3.29. The van der Waals surface area contributed by atoms with E-state index < -0.39 is 6.23 Å². The van der Waals surface area contributed by atoms with E-state index in [-0.39, 0.29) is 36.0 Å². The maximum Gasteiger partial charge on any atom is 0.237 e. The second kappa shape index (κ2) is 31.1. The summed E-state index contributed by atoms with van der Waals surface area (Å²) in [7, 11) is 3.87. The Bertz CT molecular complexity index is 1250. The molecule has 312 valence electrons. The van der Waals surface area contributed by atoms with Gasteiger partial charge >= 0.3 is 0 Å². The molecule has 6 unspecified atom stereocenters. The normalized spacial score (nSPS) is 21.9. The van der Waals surface area contributed by atoms with Crippen LogP contribution in [0.25, 0.3) is 0 Å². The standard InChI is InChI=1S/C32H57N5O2.C14H23NO/c1-6-8-10-11-15-22-34-25(3)35-23-21-27-19-20-28(18-9-7-2)37(5)32(39)30(27)36-31(38)29(33-4)24-26-16-13-12-14-17-26;1-5-12(3)9-10-14(6-2)8-7-11-15-13(4)16/h6,11,13,15-17,25,27-30,32-35,39H,1,7-10,12,14,18-24H2,2-5H3,(H,36,38);6,9-10H,2,5,7-8,11H2,1,3-4H3,(H,15,16)/b15-11+;12-9+,14-10+. The van der Waals surface area contributed by atoms with E-state index in [0.29, 0.717) is 12.5 Å². The number of hydrogen-bond acceptors (Lipinski definition) is 7. The van der Waals surface area contributed by atoms with Crippen molar-refractivity contribution >= 4 is 11.8 Å². The lowest BCUT2D eigenvalue weighted by molar-refractivity contribution is -0.127. The van der Waals surface area contributed by atoms with Gasteiger partial charge < -0.3 is 26.4 Å². The molecule has 0 aromatic heterocycles. The van der Waals surface area contributed by atoms with Gasteiger partial charge in [-0.3, -0.25) is 19.8 Å². The topological polar surface area (TPSA) is 118 Å². The van der Waals surface area contributed by atoms with Crippen molar-refractivity contribution < 1.29 is 14.7 Å². The third-order valence-corrected chi connectivity index (χ3v) is 10.7. The van der Waals surface area contributed by atoms with Gasteiger partial charge in [0.15, 0.2) is 0 Å². The molecule has 2 amide bonds. The molecule has 1 aliphatic carbocycles. The summed E-state index contributed by atoms with van der Waals surface area (Å²) in [5.41, 5.74) is 3.78. The van der Waals surface area contributed by atoms with Crippen LogP contribution in [0.2, 0.25) is 0 Å². The van der Waals surface area contributed by atoms with Crippen molar-refractivity contribution in [1.82, 2.24) is 31.5 Å². The number of likely N-dealkylation sites (tertiary alicyclic amines) is 1. The predicted octanol–water partition coefficient (Wildman–Crippen LogP) is 7.75. The van der Waals surface area contributed by atoms with Crippen molar-refractivity contribution in [3.63, 3.8) is 0 Å². The number of amides is 2. The fourth-order valence-electron chi connectivity index (χ4n) is 6.85. The first-order valence-corrected chi connectivity index (χ1v) is 21.2. The van der Waals surface area contributed by atoms with Gasteiger partial charge in [-0.05, 0) is 123 Å². The van der Waals surface area contributed by atoms with Crippen LogP contribution in [0.4, 0.5) is 0 Å². The average molecular weight is 765 g/mol. The first-order chi connectivity index (χ1) is 26.5. The fraction of sp³-hybridized carbons (Fsp3) is 0.652. The maximum atomic E-state index is 13.5. The van der Waals surface area contributed by atoms with Crippen molar-refractivity contribution in [2.45, 2.75) is 155 Å². The molecule has 2 rings (SSSR count). The highest BCUT2D eigenvalue weighted by molar-refractivity contribution is 5.82. The molecule has 9 nitrogen and oxygen atoms in total. The third-order valence-electron chi connectivity index (χ3n) is 10.7. The van der Waals surface area contributed by atoms with Crippen LogP contribution in [0, 0.1) is 5.92 Å². The second-order valence-electron chi connectivity index (χ2n) is 15.2. The Kier molecular flexibility index (Phi) is 28.2. The highest BCUT2D eigenvalue weighted by atomic mass is 16.3. The Balaban J connectivity index is 0.000000793. The quantitative estimate of drug-likeness (QED) is 0.0244. The lowest BCUT2D eigenvalue weighted by Crippen LogP contribution is -2.57. The van der Waals surface area contributed by atoms with Crippen LogP contribution in [0.3, 0.4) is 0 Å². The minimum absolute atomic E-state index is 0.0296. The van der Waals surface area contributed by atoms with Gasteiger partial charge in [0.1, 0.15) is 6.23 Å². The van der Waals surface area contributed by atoms with Crippen molar-refractivity contribution in [3.05, 3.63) is 84.6 Å². The summed E-state index contributed by atoms with van der Waals surface area (Å²) in [5, 5.41) is 27.9. The van der Waals surface area contributed by atoms with E-state index in [2.05, 4.69) is 115 Å². The molecule has 6 atom stereocenters. The molecule has 0 bridgehead atoms. The minimum Gasteiger partial charge on any atom is -0.376 e. The van der Waals surface area contributed by atoms with E-state index >= 15 is 0 Å². The van der Waals surface area contributed by atoms with E-state index in [1.807, 2.05) is 26.2 Å². The minimum atomic E-state index is -0.703. The predicted molar refractivity (Wildman–Crippen MR) is 235 cm³/mol. The summed E-state index contributed by atoms with van der Waals surface area (Å²) >= 11 is 0. The number of nitrogens with zero attached hydrogens (tertiary/aromatic N) is 1. The number of allylic oxidation sites excluding steroid dienone is 10. The van der Waals surface area contributed by atoms with E-state index in [9.17, 15) is 14.7 Å². The van der Waals surface area contributed by atoms with E-state index in [1.54, 1.807) is 0 Å². The van der Waals surface area contributed by atoms with Gasteiger partial charge in [0.2, 0.25) is 11.8 Å². The largest absolute Gasteiger partial charge is 0.376 e. The molecular formula is C46H80N6O3. The molecule has 1 saturated heterocycles. The van der Waals surface area contributed by atoms with Crippen molar-refractivity contribution in [1.29, 1.82) is 0 Å². The molecule has 6 N–H and O–H groups in total. The lowest BCUT2D eigenvalue weighted by atomic mass is 9.89. The SMILES string of the molecule is C=C/C(=C\C=C(/C)CC)CCCNC(C)=O.C=CCC/C=C/CNC(C)NCCC1CCC(CCCC)N(C)C(O)C1NC(=O)C(CC1=CCCC=C1)NC. The molecule has 55 heavy (non-hydrogen) atoms. The Morgan fingerprint density at radius 1 is 1.02 bits per heavy atom. The first-order valence-electron chi connectivity index (χ1n) is 21.2. The van der Waals surface area contributed by atoms with Crippen molar-refractivity contribution in [3.8, 4) is 0 Å². The second-order valence-corrected chi connectivity index (χ2v) is 15.2. The zero-order valence-corrected chi connectivity index (χ0v) is 35.8. The Labute approximate surface area is 336 Å². The number of unbranched alkanes of at least 4 members (excludes halogenated alkanes) is 2. The Morgan fingerprint density at radius 3 is 2.44 bits per heavy atom. The molecule has 9 heteroatoms. The summed E-state index contributed by atoms with van der Waals surface area (Å²) in [4.78, 5) is 26.2. The Morgan fingerprint density at radius 2 is 1.80 bits per heavy atom. The van der Waals surface area contributed by atoms with Crippen LogP contribution >= 0.6 is 0 Å². The molecule has 1 heterocycles. The van der Waals surface area contributed by atoms with Crippen LogP contribution in [0.15, 0.2) is 84.6 Å². The molecule has 0 saturated carbocycles. The molecule has 0 aromatic rings. The van der Waals surface area contributed by atoms with Crippen LogP contribution in [-0.4, -0.2) is 86.1 Å². The summed E-state index contributed by atoms with van der Waals surface area (Å²) in [6.45, 7) is 20.1. The Hall–Kier alpha value is -3.08. The smallest absolute Gasteiger partial charge is 0.237 e. The number of rotatable bonds is 25.